The second-order valence-corrected chi connectivity index (χ2v) is 5.65. The van der Waals surface area contributed by atoms with Gasteiger partial charge in [0.05, 0.1) is 0 Å². The number of nitrogens with one attached hydrogen (secondary N) is 1. The molecular formula is C17H27N3O. The molecule has 1 aromatic heterocycles. The van der Waals surface area contributed by atoms with Gasteiger partial charge >= 0.3 is 0 Å². The molecule has 4 nitrogen and oxygen atoms in total. The average molecular weight is 289 g/mol. The Morgan fingerprint density at radius 3 is 2.14 bits per heavy atom. The standard InChI is InChI=1S/C17H27N3O/c1-3-4-5-6-7-8-9-10-11-12-16-19-15(13-18)17(20-16)14(2)21/h3-12H2,1-2H3,(H,19,20). The van der Waals surface area contributed by atoms with Gasteiger partial charge in [0.15, 0.2) is 5.78 Å². The van der Waals surface area contributed by atoms with Gasteiger partial charge in [-0.25, -0.2) is 4.98 Å². The molecule has 0 aliphatic carbocycles. The Hall–Kier alpha value is -1.63. The van der Waals surface area contributed by atoms with E-state index in [0.717, 1.165) is 18.7 Å². The minimum Gasteiger partial charge on any atom is -0.333 e. The van der Waals surface area contributed by atoms with Crippen molar-refractivity contribution in [2.45, 2.75) is 78.1 Å². The van der Waals surface area contributed by atoms with Gasteiger partial charge in [-0.05, 0) is 6.42 Å². The first-order valence-corrected chi connectivity index (χ1v) is 8.19. The molecular weight excluding hydrogens is 262 g/mol. The monoisotopic (exact) mass is 289 g/mol. The van der Waals surface area contributed by atoms with Crippen LogP contribution in [0.4, 0.5) is 0 Å². The van der Waals surface area contributed by atoms with Crippen LogP contribution in [0.25, 0.3) is 0 Å². The number of aromatic nitrogens is 2. The topological polar surface area (TPSA) is 69.5 Å². The van der Waals surface area contributed by atoms with Crippen LogP contribution in [-0.4, -0.2) is 15.8 Å². The van der Waals surface area contributed by atoms with E-state index in [9.17, 15) is 4.79 Å². The number of H-pyrrole nitrogens is 1. The number of nitrogens with zero attached hydrogens (tertiary/aromatic N) is 2. The summed E-state index contributed by atoms with van der Waals surface area (Å²) in [6.45, 7) is 3.68. The number of hydrogen-bond acceptors (Lipinski definition) is 3. The van der Waals surface area contributed by atoms with E-state index in [1.54, 1.807) is 0 Å². The molecule has 0 atom stereocenters. The zero-order chi connectivity index (χ0) is 15.5. The van der Waals surface area contributed by atoms with Crippen molar-refractivity contribution in [3.63, 3.8) is 0 Å². The third-order valence-corrected chi connectivity index (χ3v) is 3.72. The number of rotatable bonds is 11. The van der Waals surface area contributed by atoms with E-state index in [2.05, 4.69) is 16.9 Å². The van der Waals surface area contributed by atoms with Crippen LogP contribution in [0.1, 0.15) is 93.6 Å². The minimum absolute atomic E-state index is 0.152. The van der Waals surface area contributed by atoms with E-state index in [1.165, 1.54) is 58.3 Å². The summed E-state index contributed by atoms with van der Waals surface area (Å²) in [5.74, 6) is 0.612. The molecule has 0 aromatic carbocycles. The molecule has 0 bridgehead atoms. The van der Waals surface area contributed by atoms with Gasteiger partial charge in [0, 0.05) is 13.3 Å². The molecule has 0 saturated carbocycles. The van der Waals surface area contributed by atoms with Gasteiger partial charge in [0.2, 0.25) is 0 Å². The van der Waals surface area contributed by atoms with Crippen molar-refractivity contribution in [1.29, 1.82) is 5.26 Å². The fourth-order valence-corrected chi connectivity index (χ4v) is 2.48. The Kier molecular flexibility index (Phi) is 8.42. The number of aromatic amines is 1. The highest BCUT2D eigenvalue weighted by molar-refractivity contribution is 5.94. The molecule has 0 radical (unpaired) electrons. The molecule has 1 N–H and O–H groups in total. The minimum atomic E-state index is -0.152. The normalized spacial score (nSPS) is 10.5. The maximum absolute atomic E-state index is 11.3. The van der Waals surface area contributed by atoms with Crippen LogP contribution in [-0.2, 0) is 6.42 Å². The lowest BCUT2D eigenvalue weighted by Gasteiger charge is -2.01. The lowest BCUT2D eigenvalue weighted by molar-refractivity contribution is 0.101. The number of nitriles is 1. The summed E-state index contributed by atoms with van der Waals surface area (Å²) in [6, 6.07) is 1.99. The highest BCUT2D eigenvalue weighted by atomic mass is 16.1. The van der Waals surface area contributed by atoms with Crippen molar-refractivity contribution in [3.8, 4) is 6.07 Å². The number of imidazole rings is 1. The Bertz CT molecular complexity index is 471. The van der Waals surface area contributed by atoms with Gasteiger partial charge in [-0.3, -0.25) is 4.79 Å². The van der Waals surface area contributed by atoms with E-state index in [0.29, 0.717) is 5.69 Å². The molecule has 0 fully saturated rings. The highest BCUT2D eigenvalue weighted by Gasteiger charge is 2.13. The maximum Gasteiger partial charge on any atom is 0.181 e. The quantitative estimate of drug-likeness (QED) is 0.479. The summed E-state index contributed by atoms with van der Waals surface area (Å²) >= 11 is 0. The summed E-state index contributed by atoms with van der Waals surface area (Å²) in [4.78, 5) is 18.5. The first-order chi connectivity index (χ1) is 10.2. The van der Waals surface area contributed by atoms with Gasteiger partial charge in [0.25, 0.3) is 0 Å². The molecule has 0 aliphatic heterocycles. The molecule has 0 amide bonds. The lowest BCUT2D eigenvalue weighted by Crippen LogP contribution is -1.95. The molecule has 116 valence electrons. The first-order valence-electron chi connectivity index (χ1n) is 8.19. The van der Waals surface area contributed by atoms with Crippen molar-refractivity contribution in [3.05, 3.63) is 17.2 Å². The molecule has 0 aliphatic rings. The number of carbonyl (C=O) groups excluding carboxylic acids is 1. The van der Waals surface area contributed by atoms with E-state index in [-0.39, 0.29) is 11.5 Å². The third-order valence-electron chi connectivity index (χ3n) is 3.72. The second kappa shape index (κ2) is 10.1. The number of carbonyl (C=O) groups is 1. The molecule has 0 saturated heterocycles. The fraction of sp³-hybridized carbons (Fsp3) is 0.706. The van der Waals surface area contributed by atoms with E-state index < -0.39 is 0 Å². The summed E-state index contributed by atoms with van der Waals surface area (Å²) in [7, 11) is 0. The molecule has 1 rings (SSSR count). The molecule has 4 heteroatoms. The predicted octanol–water partition coefficient (Wildman–Crippen LogP) is 4.56. The van der Waals surface area contributed by atoms with Crippen LogP contribution in [0, 0.1) is 11.3 Å². The fourth-order valence-electron chi connectivity index (χ4n) is 2.48. The summed E-state index contributed by atoms with van der Waals surface area (Å²) in [5.41, 5.74) is 0.580. The van der Waals surface area contributed by atoms with Gasteiger partial charge in [-0.15, -0.1) is 0 Å². The maximum atomic E-state index is 11.3. The summed E-state index contributed by atoms with van der Waals surface area (Å²) in [6.07, 6.45) is 12.4. The predicted molar refractivity (Wildman–Crippen MR) is 84.2 cm³/mol. The molecule has 1 aromatic rings. The molecule has 1 heterocycles. The number of hydrogen-bond donors (Lipinski definition) is 1. The van der Waals surface area contributed by atoms with Crippen LogP contribution >= 0.6 is 0 Å². The zero-order valence-corrected chi connectivity index (χ0v) is 13.4. The lowest BCUT2D eigenvalue weighted by atomic mass is 10.1. The van der Waals surface area contributed by atoms with Crippen LogP contribution < -0.4 is 0 Å². The Balaban J connectivity index is 2.16. The SMILES string of the molecule is CCCCCCCCCCCc1nc(C(C)=O)c(C#N)[nH]1. The molecule has 0 spiro atoms. The van der Waals surface area contributed by atoms with Crippen molar-refractivity contribution in [2.75, 3.05) is 0 Å². The summed E-state index contributed by atoms with van der Waals surface area (Å²) < 4.78 is 0. The average Bonchev–Trinajstić information content (AvgIpc) is 2.89. The van der Waals surface area contributed by atoms with Gasteiger partial charge in [-0.2, -0.15) is 5.26 Å². The van der Waals surface area contributed by atoms with Crippen LogP contribution in [0.5, 0.6) is 0 Å². The van der Waals surface area contributed by atoms with Gasteiger partial charge in [0.1, 0.15) is 23.3 Å². The number of unbranched alkanes of at least 4 members (excludes halogenated alkanes) is 8. The summed E-state index contributed by atoms with van der Waals surface area (Å²) in [5, 5.41) is 8.94. The van der Waals surface area contributed by atoms with Gasteiger partial charge < -0.3 is 4.98 Å². The number of aryl methyl sites for hydroxylation is 1. The molecule has 0 unspecified atom stereocenters. The van der Waals surface area contributed by atoms with Crippen LogP contribution in [0.15, 0.2) is 0 Å². The van der Waals surface area contributed by atoms with E-state index >= 15 is 0 Å². The van der Waals surface area contributed by atoms with Crippen molar-refractivity contribution in [2.24, 2.45) is 0 Å². The largest absolute Gasteiger partial charge is 0.333 e. The van der Waals surface area contributed by atoms with Crippen molar-refractivity contribution in [1.82, 2.24) is 9.97 Å². The smallest absolute Gasteiger partial charge is 0.181 e. The second-order valence-electron chi connectivity index (χ2n) is 5.65. The van der Waals surface area contributed by atoms with Crippen LogP contribution in [0.2, 0.25) is 0 Å². The zero-order valence-electron chi connectivity index (χ0n) is 13.4. The van der Waals surface area contributed by atoms with E-state index in [1.807, 2.05) is 6.07 Å². The Morgan fingerprint density at radius 2 is 1.67 bits per heavy atom. The Morgan fingerprint density at radius 1 is 1.10 bits per heavy atom. The number of Topliss-reactive ketones (excluding diaryl/α,β-unsaturated/α-hetero) is 1. The van der Waals surface area contributed by atoms with E-state index in [4.69, 9.17) is 5.26 Å². The van der Waals surface area contributed by atoms with Crippen molar-refractivity contribution < 1.29 is 4.79 Å². The van der Waals surface area contributed by atoms with Crippen LogP contribution in [0.3, 0.4) is 0 Å². The van der Waals surface area contributed by atoms with Gasteiger partial charge in [-0.1, -0.05) is 58.3 Å². The third kappa shape index (κ3) is 6.57. The van der Waals surface area contributed by atoms with Crippen molar-refractivity contribution >= 4 is 5.78 Å². The first kappa shape index (κ1) is 17.4. The highest BCUT2D eigenvalue weighted by Crippen LogP contribution is 2.12. The Labute approximate surface area is 128 Å². The number of ketones is 1. The molecule has 21 heavy (non-hydrogen) atoms.